The maximum absolute atomic E-state index is 12.5. The Bertz CT molecular complexity index is 788. The Labute approximate surface area is 144 Å². The number of hydrogen-bond acceptors (Lipinski definition) is 5. The molecular weight excluding hydrogens is 334 g/mol. The Morgan fingerprint density at radius 3 is 2.38 bits per heavy atom. The zero-order valence-corrected chi connectivity index (χ0v) is 13.8. The lowest BCUT2D eigenvalue weighted by Gasteiger charge is -2.22. The molecule has 2 rings (SSSR count). The highest BCUT2D eigenvalue weighted by atomic mass is 35.5. The fraction of sp³-hybridized carbons (Fsp3) is 0.267. The molecule has 1 heterocycles. The first-order valence-electron chi connectivity index (χ1n) is 7.18. The highest BCUT2D eigenvalue weighted by Gasteiger charge is 2.20. The topological polar surface area (TPSA) is 138 Å². The molecule has 0 saturated carbocycles. The molecule has 8 nitrogen and oxygen atoms in total. The lowest BCUT2D eigenvalue weighted by Crippen LogP contribution is -2.40. The van der Waals surface area contributed by atoms with Gasteiger partial charge in [-0.25, -0.2) is 4.79 Å². The molecule has 1 amide bonds. The van der Waals surface area contributed by atoms with Crippen LogP contribution in [-0.2, 0) is 6.42 Å². The summed E-state index contributed by atoms with van der Waals surface area (Å²) in [6, 6.07) is 9.64. The van der Waals surface area contributed by atoms with Gasteiger partial charge in [0.25, 0.3) is 11.5 Å². The van der Waals surface area contributed by atoms with Crippen LogP contribution in [0.15, 0.2) is 39.9 Å². The minimum atomic E-state index is -0.784. The van der Waals surface area contributed by atoms with Gasteiger partial charge in [-0.15, -0.1) is 12.4 Å². The molecule has 1 aromatic heterocycles. The van der Waals surface area contributed by atoms with Gasteiger partial charge in [0.05, 0.1) is 0 Å². The fourth-order valence-electron chi connectivity index (χ4n) is 2.20. The summed E-state index contributed by atoms with van der Waals surface area (Å²) in [5, 5.41) is 0. The van der Waals surface area contributed by atoms with E-state index in [1.54, 1.807) is 0 Å². The van der Waals surface area contributed by atoms with Crippen LogP contribution in [0.4, 0.5) is 5.69 Å². The summed E-state index contributed by atoms with van der Waals surface area (Å²) in [4.78, 5) is 41.2. The third-order valence-electron chi connectivity index (χ3n) is 3.39. The SMILES string of the molecule is Cl.NCCN(CCc1ccccc1)C(=O)c1[nH]c(=O)[nH]c(=O)c1N. The molecule has 1 aromatic carbocycles. The molecule has 0 aliphatic carbocycles. The van der Waals surface area contributed by atoms with E-state index in [-0.39, 0.29) is 30.3 Å². The van der Waals surface area contributed by atoms with Crippen LogP contribution in [0, 0.1) is 0 Å². The summed E-state index contributed by atoms with van der Waals surface area (Å²) in [6.07, 6.45) is 0.625. The number of nitrogens with zero attached hydrogens (tertiary/aromatic N) is 1. The molecular formula is C15H20ClN5O3. The van der Waals surface area contributed by atoms with E-state index in [1.807, 2.05) is 35.3 Å². The predicted octanol–water partition coefficient (Wildman–Crippen LogP) is -0.289. The van der Waals surface area contributed by atoms with Gasteiger partial charge in [-0.1, -0.05) is 30.3 Å². The number of aromatic nitrogens is 2. The third kappa shape index (κ3) is 4.71. The van der Waals surface area contributed by atoms with E-state index < -0.39 is 17.2 Å². The Morgan fingerprint density at radius 2 is 1.75 bits per heavy atom. The zero-order valence-electron chi connectivity index (χ0n) is 13.0. The van der Waals surface area contributed by atoms with Crippen LogP contribution < -0.4 is 22.7 Å². The number of H-pyrrole nitrogens is 2. The lowest BCUT2D eigenvalue weighted by atomic mass is 10.1. The lowest BCUT2D eigenvalue weighted by molar-refractivity contribution is 0.0756. The van der Waals surface area contributed by atoms with Crippen LogP contribution in [0.25, 0.3) is 0 Å². The van der Waals surface area contributed by atoms with Crippen molar-refractivity contribution in [2.24, 2.45) is 5.73 Å². The Balaban J connectivity index is 0.00000288. The molecule has 24 heavy (non-hydrogen) atoms. The van der Waals surface area contributed by atoms with Gasteiger partial charge in [-0.05, 0) is 12.0 Å². The number of nitrogens with two attached hydrogens (primary N) is 2. The average Bonchev–Trinajstić information content (AvgIpc) is 2.55. The first-order chi connectivity index (χ1) is 11.0. The number of aromatic amines is 2. The van der Waals surface area contributed by atoms with Gasteiger partial charge in [-0.2, -0.15) is 0 Å². The number of rotatable bonds is 6. The van der Waals surface area contributed by atoms with Crippen molar-refractivity contribution < 1.29 is 4.79 Å². The van der Waals surface area contributed by atoms with Gasteiger partial charge in [0, 0.05) is 19.6 Å². The highest BCUT2D eigenvalue weighted by Crippen LogP contribution is 2.07. The van der Waals surface area contributed by atoms with E-state index in [4.69, 9.17) is 11.5 Å². The zero-order chi connectivity index (χ0) is 16.8. The average molecular weight is 354 g/mol. The second kappa shape index (κ2) is 8.90. The molecule has 6 N–H and O–H groups in total. The van der Waals surface area contributed by atoms with Crippen molar-refractivity contribution in [1.82, 2.24) is 14.9 Å². The smallest absolute Gasteiger partial charge is 0.326 e. The second-order valence-electron chi connectivity index (χ2n) is 5.01. The number of halogens is 1. The molecule has 0 atom stereocenters. The van der Waals surface area contributed by atoms with Crippen LogP contribution in [0.3, 0.4) is 0 Å². The maximum Gasteiger partial charge on any atom is 0.326 e. The van der Waals surface area contributed by atoms with Gasteiger partial charge in [0.1, 0.15) is 11.4 Å². The molecule has 130 valence electrons. The van der Waals surface area contributed by atoms with Crippen molar-refractivity contribution in [2.75, 3.05) is 25.4 Å². The first kappa shape index (κ1) is 19.5. The van der Waals surface area contributed by atoms with Crippen LogP contribution in [0.1, 0.15) is 16.1 Å². The summed E-state index contributed by atoms with van der Waals surface area (Å²) < 4.78 is 0. The maximum atomic E-state index is 12.5. The molecule has 0 unspecified atom stereocenters. The van der Waals surface area contributed by atoms with E-state index in [0.717, 1.165) is 5.56 Å². The minimum absolute atomic E-state index is 0. The van der Waals surface area contributed by atoms with E-state index >= 15 is 0 Å². The van der Waals surface area contributed by atoms with Gasteiger partial charge in [0.15, 0.2) is 0 Å². The quantitative estimate of drug-likeness (QED) is 0.565. The summed E-state index contributed by atoms with van der Waals surface area (Å²) >= 11 is 0. The molecule has 9 heteroatoms. The van der Waals surface area contributed by atoms with E-state index in [1.165, 1.54) is 4.90 Å². The minimum Gasteiger partial charge on any atom is -0.392 e. The van der Waals surface area contributed by atoms with Crippen LogP contribution in [0.5, 0.6) is 0 Å². The van der Waals surface area contributed by atoms with Crippen molar-refractivity contribution in [3.8, 4) is 0 Å². The molecule has 0 saturated heterocycles. The van der Waals surface area contributed by atoms with Gasteiger partial charge in [-0.3, -0.25) is 14.6 Å². The second-order valence-corrected chi connectivity index (χ2v) is 5.01. The van der Waals surface area contributed by atoms with Crippen molar-refractivity contribution in [1.29, 1.82) is 0 Å². The highest BCUT2D eigenvalue weighted by molar-refractivity contribution is 5.96. The normalized spacial score (nSPS) is 10.0. The number of hydrogen-bond donors (Lipinski definition) is 4. The first-order valence-corrected chi connectivity index (χ1v) is 7.18. The third-order valence-corrected chi connectivity index (χ3v) is 3.39. The summed E-state index contributed by atoms with van der Waals surface area (Å²) in [5.41, 5.74) is 10.1. The van der Waals surface area contributed by atoms with E-state index in [2.05, 4.69) is 4.98 Å². The standard InChI is InChI=1S/C15H19N5O3.ClH/c16-7-9-20(8-6-10-4-2-1-3-5-10)14(22)12-11(17)13(21)19-15(23)18-12;/h1-5H,6-9,16-17H2,(H2,18,19,21,23);1H. The van der Waals surface area contributed by atoms with Crippen LogP contribution >= 0.6 is 12.4 Å². The summed E-state index contributed by atoms with van der Waals surface area (Å²) in [5.74, 6) is -0.521. The number of nitrogens with one attached hydrogen (secondary N) is 2. The molecule has 0 aliphatic heterocycles. The van der Waals surface area contributed by atoms with Crippen LogP contribution in [-0.4, -0.2) is 40.4 Å². The Morgan fingerprint density at radius 1 is 1.08 bits per heavy atom. The van der Waals surface area contributed by atoms with Crippen molar-refractivity contribution in [3.05, 3.63) is 62.4 Å². The molecule has 0 radical (unpaired) electrons. The molecule has 0 fully saturated rings. The number of amides is 1. The van der Waals surface area contributed by atoms with Gasteiger partial charge >= 0.3 is 5.69 Å². The Hall–Kier alpha value is -2.58. The number of benzene rings is 1. The van der Waals surface area contributed by atoms with Crippen molar-refractivity contribution in [3.63, 3.8) is 0 Å². The van der Waals surface area contributed by atoms with E-state index in [9.17, 15) is 14.4 Å². The van der Waals surface area contributed by atoms with Crippen molar-refractivity contribution in [2.45, 2.75) is 6.42 Å². The van der Waals surface area contributed by atoms with Crippen molar-refractivity contribution >= 4 is 24.0 Å². The molecule has 0 spiro atoms. The number of anilines is 1. The number of nitrogen functional groups attached to an aromatic ring is 1. The van der Waals surface area contributed by atoms with E-state index in [0.29, 0.717) is 19.5 Å². The largest absolute Gasteiger partial charge is 0.392 e. The van der Waals surface area contributed by atoms with Gasteiger partial charge in [0.2, 0.25) is 0 Å². The predicted molar refractivity (Wildman–Crippen MR) is 94.4 cm³/mol. The summed E-state index contributed by atoms with van der Waals surface area (Å²) in [7, 11) is 0. The fourth-order valence-corrected chi connectivity index (χ4v) is 2.20. The summed E-state index contributed by atoms with van der Waals surface area (Å²) in [6.45, 7) is 0.947. The molecule has 2 aromatic rings. The Kier molecular flexibility index (Phi) is 7.22. The van der Waals surface area contributed by atoms with Gasteiger partial charge < -0.3 is 21.4 Å². The number of carbonyl (C=O) groups is 1. The molecule has 0 bridgehead atoms. The van der Waals surface area contributed by atoms with Crippen LogP contribution in [0.2, 0.25) is 0 Å². The number of carbonyl (C=O) groups excluding carboxylic acids is 1. The molecule has 0 aliphatic rings. The monoisotopic (exact) mass is 353 g/mol.